The molecule has 6 heteroatoms. The van der Waals surface area contributed by atoms with Crippen LogP contribution in [0.4, 0.5) is 0 Å². The first-order valence-electron chi connectivity index (χ1n) is 4.73. The smallest absolute Gasteiger partial charge is 0.177 e. The van der Waals surface area contributed by atoms with Crippen LogP contribution in [-0.4, -0.2) is 40.0 Å². The van der Waals surface area contributed by atoms with Crippen molar-refractivity contribution in [3.63, 3.8) is 0 Å². The second-order valence-corrected chi connectivity index (χ2v) is 5.35. The summed E-state index contributed by atoms with van der Waals surface area (Å²) in [7, 11) is -1.69. The number of hydrogen-bond acceptors (Lipinski definition) is 5. The molecule has 0 fully saturated rings. The van der Waals surface area contributed by atoms with E-state index in [-0.39, 0.29) is 4.90 Å². The Bertz CT molecular complexity index is 456. The van der Waals surface area contributed by atoms with Gasteiger partial charge in [0.15, 0.2) is 9.84 Å². The second kappa shape index (κ2) is 5.27. The second-order valence-electron chi connectivity index (χ2n) is 3.37. The van der Waals surface area contributed by atoms with E-state index in [1.807, 2.05) is 0 Å². The maximum absolute atomic E-state index is 11.4. The first kappa shape index (κ1) is 12.9. The lowest BCUT2D eigenvalue weighted by Crippen LogP contribution is -2.07. The van der Waals surface area contributed by atoms with Gasteiger partial charge >= 0.3 is 0 Å². The van der Waals surface area contributed by atoms with Crippen LogP contribution >= 0.6 is 0 Å². The third-order valence-electron chi connectivity index (χ3n) is 1.97. The molecular weight excluding hydrogens is 230 g/mol. The minimum absolute atomic E-state index is 0.197. The molecule has 0 aliphatic rings. The van der Waals surface area contributed by atoms with Gasteiger partial charge in [0.2, 0.25) is 0 Å². The average Bonchev–Trinajstić information content (AvgIpc) is 2.19. The van der Waals surface area contributed by atoms with E-state index in [1.165, 1.54) is 12.3 Å². The maximum Gasteiger partial charge on any atom is 0.177 e. The summed E-state index contributed by atoms with van der Waals surface area (Å²) in [5.74, 6) is 0.433. The van der Waals surface area contributed by atoms with Gasteiger partial charge < -0.3 is 9.47 Å². The third-order valence-corrected chi connectivity index (χ3v) is 3.18. The van der Waals surface area contributed by atoms with Crippen LogP contribution in [0.25, 0.3) is 0 Å². The molecular formula is C10H15NO4S. The number of rotatable bonds is 5. The van der Waals surface area contributed by atoms with Crippen LogP contribution in [0.2, 0.25) is 0 Å². The van der Waals surface area contributed by atoms with Gasteiger partial charge in [-0.2, -0.15) is 0 Å². The van der Waals surface area contributed by atoms with E-state index in [0.29, 0.717) is 24.7 Å². The van der Waals surface area contributed by atoms with Gasteiger partial charge in [-0.05, 0) is 6.92 Å². The largest absolute Gasteiger partial charge is 0.490 e. The Morgan fingerprint density at radius 3 is 2.62 bits per heavy atom. The highest BCUT2D eigenvalue weighted by Gasteiger charge is 2.13. The number of pyridine rings is 1. The monoisotopic (exact) mass is 245 g/mol. The fraction of sp³-hybridized carbons (Fsp3) is 0.500. The van der Waals surface area contributed by atoms with Crippen LogP contribution < -0.4 is 4.74 Å². The SMILES string of the molecule is COCCOc1cnc(C)c(S(C)(=O)=O)c1. The first-order chi connectivity index (χ1) is 7.45. The molecule has 0 aromatic carbocycles. The van der Waals surface area contributed by atoms with Crippen molar-refractivity contribution in [3.8, 4) is 5.75 Å². The third kappa shape index (κ3) is 3.46. The highest BCUT2D eigenvalue weighted by molar-refractivity contribution is 7.90. The number of aryl methyl sites for hydroxylation is 1. The summed E-state index contributed by atoms with van der Waals surface area (Å²) in [6.45, 7) is 2.46. The van der Waals surface area contributed by atoms with Gasteiger partial charge in [-0.15, -0.1) is 0 Å². The lowest BCUT2D eigenvalue weighted by atomic mass is 10.4. The lowest BCUT2D eigenvalue weighted by molar-refractivity contribution is 0.146. The van der Waals surface area contributed by atoms with Crippen molar-refractivity contribution in [3.05, 3.63) is 18.0 Å². The number of aromatic nitrogens is 1. The Morgan fingerprint density at radius 1 is 1.38 bits per heavy atom. The molecule has 1 aromatic heterocycles. The van der Waals surface area contributed by atoms with Crippen LogP contribution in [0.15, 0.2) is 17.2 Å². The summed E-state index contributed by atoms with van der Waals surface area (Å²) >= 11 is 0. The van der Waals surface area contributed by atoms with Crippen LogP contribution in [0.1, 0.15) is 5.69 Å². The molecule has 0 unspecified atom stereocenters. The summed E-state index contributed by atoms with van der Waals surface area (Å²) in [5, 5.41) is 0. The molecule has 0 aliphatic carbocycles. The van der Waals surface area contributed by atoms with Gasteiger partial charge in [-0.25, -0.2) is 8.42 Å². The number of ether oxygens (including phenoxy) is 2. The van der Waals surface area contributed by atoms with Crippen LogP contribution in [-0.2, 0) is 14.6 Å². The Morgan fingerprint density at radius 2 is 2.06 bits per heavy atom. The Hall–Kier alpha value is -1.14. The molecule has 0 aliphatic heterocycles. The molecule has 5 nitrogen and oxygen atoms in total. The Balaban J connectivity index is 2.91. The molecule has 1 heterocycles. The quantitative estimate of drug-likeness (QED) is 0.718. The van der Waals surface area contributed by atoms with Crippen molar-refractivity contribution in [1.82, 2.24) is 4.98 Å². The van der Waals surface area contributed by atoms with Gasteiger partial charge in [0, 0.05) is 19.4 Å². The normalized spacial score (nSPS) is 11.4. The van der Waals surface area contributed by atoms with E-state index in [2.05, 4.69) is 4.98 Å². The first-order valence-corrected chi connectivity index (χ1v) is 6.62. The van der Waals surface area contributed by atoms with Crippen molar-refractivity contribution in [2.45, 2.75) is 11.8 Å². The predicted molar refractivity (Wildman–Crippen MR) is 59.5 cm³/mol. The van der Waals surface area contributed by atoms with Gasteiger partial charge in [-0.1, -0.05) is 0 Å². The molecule has 0 saturated carbocycles. The summed E-state index contributed by atoms with van der Waals surface area (Å²) in [5.41, 5.74) is 0.474. The van der Waals surface area contributed by atoms with E-state index in [4.69, 9.17) is 9.47 Å². The Labute approximate surface area is 95.3 Å². The number of sulfone groups is 1. The number of hydrogen-bond donors (Lipinski definition) is 0. The predicted octanol–water partition coefficient (Wildman–Crippen LogP) is 0.819. The summed E-state index contributed by atoms with van der Waals surface area (Å²) in [6, 6.07) is 1.48. The standard InChI is InChI=1S/C10H15NO4S/c1-8-10(16(3,12)13)6-9(7-11-8)15-5-4-14-2/h6-7H,4-5H2,1-3H3. The molecule has 0 spiro atoms. The zero-order valence-corrected chi connectivity index (χ0v) is 10.4. The fourth-order valence-corrected chi connectivity index (χ4v) is 2.11. The summed E-state index contributed by atoms with van der Waals surface area (Å²) < 4.78 is 32.9. The van der Waals surface area contributed by atoms with E-state index < -0.39 is 9.84 Å². The van der Waals surface area contributed by atoms with Crippen molar-refractivity contribution >= 4 is 9.84 Å². The number of methoxy groups -OCH3 is 1. The number of nitrogens with zero attached hydrogens (tertiary/aromatic N) is 1. The highest BCUT2D eigenvalue weighted by atomic mass is 32.2. The van der Waals surface area contributed by atoms with E-state index in [1.54, 1.807) is 14.0 Å². The molecule has 16 heavy (non-hydrogen) atoms. The van der Waals surface area contributed by atoms with E-state index in [9.17, 15) is 8.42 Å². The molecule has 0 saturated heterocycles. The van der Waals surface area contributed by atoms with Gasteiger partial charge in [0.25, 0.3) is 0 Å². The van der Waals surface area contributed by atoms with Crippen LogP contribution in [0.3, 0.4) is 0 Å². The molecule has 0 atom stereocenters. The molecule has 0 bridgehead atoms. The van der Waals surface area contributed by atoms with Gasteiger partial charge in [0.1, 0.15) is 12.4 Å². The van der Waals surface area contributed by atoms with E-state index in [0.717, 1.165) is 6.26 Å². The maximum atomic E-state index is 11.4. The molecule has 1 aromatic rings. The van der Waals surface area contributed by atoms with Crippen molar-refractivity contribution in [1.29, 1.82) is 0 Å². The van der Waals surface area contributed by atoms with Crippen LogP contribution in [0.5, 0.6) is 5.75 Å². The van der Waals surface area contributed by atoms with Gasteiger partial charge in [-0.3, -0.25) is 4.98 Å². The van der Waals surface area contributed by atoms with Crippen molar-refractivity contribution < 1.29 is 17.9 Å². The molecule has 90 valence electrons. The average molecular weight is 245 g/mol. The van der Waals surface area contributed by atoms with E-state index >= 15 is 0 Å². The van der Waals surface area contributed by atoms with Crippen molar-refractivity contribution in [2.24, 2.45) is 0 Å². The minimum atomic E-state index is -3.26. The zero-order chi connectivity index (χ0) is 12.2. The highest BCUT2D eigenvalue weighted by Crippen LogP contribution is 2.19. The van der Waals surface area contributed by atoms with Crippen LogP contribution in [0, 0.1) is 6.92 Å². The minimum Gasteiger partial charge on any atom is -0.490 e. The lowest BCUT2D eigenvalue weighted by Gasteiger charge is -2.08. The molecule has 0 amide bonds. The summed E-state index contributed by atoms with van der Waals surface area (Å²) in [6.07, 6.45) is 2.65. The summed E-state index contributed by atoms with van der Waals surface area (Å²) in [4.78, 5) is 4.18. The van der Waals surface area contributed by atoms with Crippen molar-refractivity contribution in [2.75, 3.05) is 26.6 Å². The zero-order valence-electron chi connectivity index (χ0n) is 9.56. The molecule has 0 radical (unpaired) electrons. The fourth-order valence-electron chi connectivity index (χ4n) is 1.19. The molecule has 1 rings (SSSR count). The molecule has 0 N–H and O–H groups in total. The topological polar surface area (TPSA) is 65.5 Å². The van der Waals surface area contributed by atoms with Gasteiger partial charge in [0.05, 0.1) is 23.4 Å². The Kier molecular flexibility index (Phi) is 4.26.